The van der Waals surface area contributed by atoms with Crippen molar-refractivity contribution in [1.29, 1.82) is 0 Å². The summed E-state index contributed by atoms with van der Waals surface area (Å²) in [6.45, 7) is 1.68. The number of para-hydroxylation sites is 1. The van der Waals surface area contributed by atoms with Gasteiger partial charge < -0.3 is 9.30 Å². The molecule has 4 rings (SSSR count). The Kier molecular flexibility index (Phi) is 2.48. The standard InChI is InChI=1S/C15H15N3O/c1-2-4-13-12(3-1)15-14(9-16-13)17-10-18(15)11-5-7-19-8-6-11/h1-4,9-11H,5-8H2. The van der Waals surface area contributed by atoms with Gasteiger partial charge in [0.1, 0.15) is 5.52 Å². The zero-order chi connectivity index (χ0) is 12.7. The van der Waals surface area contributed by atoms with Gasteiger partial charge in [-0.2, -0.15) is 0 Å². The van der Waals surface area contributed by atoms with Crippen LogP contribution in [0.15, 0.2) is 36.8 Å². The summed E-state index contributed by atoms with van der Waals surface area (Å²) in [7, 11) is 0. The van der Waals surface area contributed by atoms with Crippen molar-refractivity contribution in [2.75, 3.05) is 13.2 Å². The van der Waals surface area contributed by atoms with E-state index in [9.17, 15) is 0 Å². The second kappa shape index (κ2) is 4.31. The van der Waals surface area contributed by atoms with Crippen LogP contribution in [0.25, 0.3) is 21.9 Å². The highest BCUT2D eigenvalue weighted by Crippen LogP contribution is 2.29. The Balaban J connectivity index is 1.97. The molecule has 3 heterocycles. The van der Waals surface area contributed by atoms with E-state index in [2.05, 4.69) is 32.7 Å². The SMILES string of the molecule is c1ccc2c(c1)ncc1ncn(C3CCOCC3)c12. The summed E-state index contributed by atoms with van der Waals surface area (Å²) in [6, 6.07) is 8.75. The zero-order valence-electron chi connectivity index (χ0n) is 10.6. The molecule has 0 amide bonds. The van der Waals surface area contributed by atoms with Crippen LogP contribution in [0.2, 0.25) is 0 Å². The molecule has 4 heteroatoms. The predicted molar refractivity (Wildman–Crippen MR) is 74.1 cm³/mol. The summed E-state index contributed by atoms with van der Waals surface area (Å²) in [6.07, 6.45) is 5.94. The quantitative estimate of drug-likeness (QED) is 0.669. The van der Waals surface area contributed by atoms with Crippen molar-refractivity contribution in [1.82, 2.24) is 14.5 Å². The number of imidazole rings is 1. The van der Waals surface area contributed by atoms with Gasteiger partial charge in [0.25, 0.3) is 0 Å². The van der Waals surface area contributed by atoms with Crippen molar-refractivity contribution in [3.8, 4) is 0 Å². The molecule has 1 aliphatic heterocycles. The fourth-order valence-corrected chi connectivity index (χ4v) is 2.90. The number of pyridine rings is 1. The Hall–Kier alpha value is -1.94. The maximum atomic E-state index is 5.45. The third-order valence-electron chi connectivity index (χ3n) is 3.89. The van der Waals surface area contributed by atoms with Gasteiger partial charge in [0.15, 0.2) is 0 Å². The number of nitrogens with zero attached hydrogens (tertiary/aromatic N) is 3. The van der Waals surface area contributed by atoms with Crippen LogP contribution >= 0.6 is 0 Å². The average molecular weight is 253 g/mol. The first-order chi connectivity index (χ1) is 9.43. The molecule has 3 aromatic rings. The molecule has 1 aliphatic rings. The van der Waals surface area contributed by atoms with Gasteiger partial charge in [-0.3, -0.25) is 4.98 Å². The van der Waals surface area contributed by atoms with Crippen LogP contribution in [-0.2, 0) is 4.74 Å². The number of hydrogen-bond acceptors (Lipinski definition) is 3. The minimum Gasteiger partial charge on any atom is -0.381 e. The number of rotatable bonds is 1. The van der Waals surface area contributed by atoms with Crippen LogP contribution in [-0.4, -0.2) is 27.7 Å². The fourth-order valence-electron chi connectivity index (χ4n) is 2.90. The highest BCUT2D eigenvalue weighted by atomic mass is 16.5. The first-order valence-electron chi connectivity index (χ1n) is 6.71. The molecular formula is C15H15N3O. The molecule has 4 nitrogen and oxygen atoms in total. The lowest BCUT2D eigenvalue weighted by molar-refractivity contribution is 0.0706. The van der Waals surface area contributed by atoms with Crippen LogP contribution in [0, 0.1) is 0 Å². The molecule has 0 radical (unpaired) electrons. The lowest BCUT2D eigenvalue weighted by Crippen LogP contribution is -2.19. The van der Waals surface area contributed by atoms with Crippen molar-refractivity contribution in [3.63, 3.8) is 0 Å². The molecule has 1 aromatic carbocycles. The lowest BCUT2D eigenvalue weighted by atomic mass is 10.1. The highest BCUT2D eigenvalue weighted by molar-refractivity contribution is 6.01. The molecule has 0 unspecified atom stereocenters. The molecule has 0 aliphatic carbocycles. The number of fused-ring (bicyclic) bond motifs is 3. The molecule has 19 heavy (non-hydrogen) atoms. The van der Waals surface area contributed by atoms with E-state index in [0.717, 1.165) is 37.1 Å². The second-order valence-corrected chi connectivity index (χ2v) is 5.00. The van der Waals surface area contributed by atoms with Crippen LogP contribution in [0.3, 0.4) is 0 Å². The highest BCUT2D eigenvalue weighted by Gasteiger charge is 2.18. The third kappa shape index (κ3) is 1.71. The smallest absolute Gasteiger partial charge is 0.107 e. The van der Waals surface area contributed by atoms with Crippen LogP contribution in [0.5, 0.6) is 0 Å². The van der Waals surface area contributed by atoms with Crippen LogP contribution in [0.1, 0.15) is 18.9 Å². The predicted octanol–water partition coefficient (Wildman–Crippen LogP) is 2.94. The van der Waals surface area contributed by atoms with Gasteiger partial charge in [-0.25, -0.2) is 4.98 Å². The zero-order valence-corrected chi connectivity index (χ0v) is 10.6. The minimum atomic E-state index is 0.490. The van der Waals surface area contributed by atoms with Gasteiger partial charge in [0.05, 0.1) is 23.6 Å². The Morgan fingerprint density at radius 2 is 1.89 bits per heavy atom. The first-order valence-corrected chi connectivity index (χ1v) is 6.71. The Labute approximate surface area is 111 Å². The molecule has 0 atom stereocenters. The minimum absolute atomic E-state index is 0.490. The molecule has 0 bridgehead atoms. The van der Waals surface area contributed by atoms with E-state index >= 15 is 0 Å². The fraction of sp³-hybridized carbons (Fsp3) is 0.333. The average Bonchev–Trinajstić information content (AvgIpc) is 2.92. The number of ether oxygens (including phenoxy) is 1. The van der Waals surface area contributed by atoms with Crippen molar-refractivity contribution < 1.29 is 4.74 Å². The van der Waals surface area contributed by atoms with Crippen molar-refractivity contribution in [3.05, 3.63) is 36.8 Å². The van der Waals surface area contributed by atoms with Gasteiger partial charge in [-0.1, -0.05) is 18.2 Å². The largest absolute Gasteiger partial charge is 0.381 e. The van der Waals surface area contributed by atoms with Gasteiger partial charge in [0, 0.05) is 24.6 Å². The normalized spacial score (nSPS) is 17.3. The van der Waals surface area contributed by atoms with Crippen LogP contribution in [0.4, 0.5) is 0 Å². The lowest BCUT2D eigenvalue weighted by Gasteiger charge is -2.24. The van der Waals surface area contributed by atoms with Crippen molar-refractivity contribution in [2.45, 2.75) is 18.9 Å². The van der Waals surface area contributed by atoms with E-state index in [0.29, 0.717) is 6.04 Å². The maximum Gasteiger partial charge on any atom is 0.107 e. The van der Waals surface area contributed by atoms with Gasteiger partial charge in [-0.15, -0.1) is 0 Å². The van der Waals surface area contributed by atoms with Crippen molar-refractivity contribution in [2.24, 2.45) is 0 Å². The molecule has 0 N–H and O–H groups in total. The van der Waals surface area contributed by atoms with E-state index in [1.807, 2.05) is 18.6 Å². The number of aromatic nitrogens is 3. The van der Waals surface area contributed by atoms with E-state index in [1.54, 1.807) is 0 Å². The summed E-state index contributed by atoms with van der Waals surface area (Å²) in [5, 5.41) is 1.18. The summed E-state index contributed by atoms with van der Waals surface area (Å²) in [5.41, 5.74) is 3.21. The van der Waals surface area contributed by atoms with E-state index in [4.69, 9.17) is 4.74 Å². The summed E-state index contributed by atoms with van der Waals surface area (Å²) in [5.74, 6) is 0. The molecule has 2 aromatic heterocycles. The van der Waals surface area contributed by atoms with E-state index in [-0.39, 0.29) is 0 Å². The summed E-state index contributed by atoms with van der Waals surface area (Å²) >= 11 is 0. The molecular weight excluding hydrogens is 238 g/mol. The van der Waals surface area contributed by atoms with Gasteiger partial charge in [0.2, 0.25) is 0 Å². The molecule has 96 valence electrons. The van der Waals surface area contributed by atoms with Crippen LogP contribution < -0.4 is 0 Å². The van der Waals surface area contributed by atoms with Gasteiger partial charge in [-0.05, 0) is 18.9 Å². The van der Waals surface area contributed by atoms with Gasteiger partial charge >= 0.3 is 0 Å². The summed E-state index contributed by atoms with van der Waals surface area (Å²) in [4.78, 5) is 8.97. The van der Waals surface area contributed by atoms with Crippen molar-refractivity contribution >= 4 is 21.9 Å². The Morgan fingerprint density at radius 1 is 1.05 bits per heavy atom. The first kappa shape index (κ1) is 10.9. The Bertz CT molecular complexity index is 728. The topological polar surface area (TPSA) is 39.9 Å². The Morgan fingerprint density at radius 3 is 2.79 bits per heavy atom. The molecule has 1 saturated heterocycles. The number of benzene rings is 1. The monoisotopic (exact) mass is 253 g/mol. The number of hydrogen-bond donors (Lipinski definition) is 0. The van der Waals surface area contributed by atoms with E-state index < -0.39 is 0 Å². The maximum absolute atomic E-state index is 5.45. The molecule has 0 spiro atoms. The van der Waals surface area contributed by atoms with E-state index in [1.165, 1.54) is 10.9 Å². The molecule has 0 saturated carbocycles. The summed E-state index contributed by atoms with van der Waals surface area (Å²) < 4.78 is 7.76. The molecule has 1 fully saturated rings. The third-order valence-corrected chi connectivity index (χ3v) is 3.89. The second-order valence-electron chi connectivity index (χ2n) is 5.00.